The number of carboxylic acids is 1. The van der Waals surface area contributed by atoms with E-state index in [2.05, 4.69) is 15.3 Å². The highest BCUT2D eigenvalue weighted by atomic mass is 32.1. The Morgan fingerprint density at radius 3 is 2.57 bits per heavy atom. The van der Waals surface area contributed by atoms with Crippen LogP contribution in [-0.2, 0) is 4.74 Å². The molecule has 7 nitrogen and oxygen atoms in total. The molecule has 0 aliphatic rings. The lowest BCUT2D eigenvalue weighted by Gasteiger charge is -2.19. The maximum absolute atomic E-state index is 11.8. The Labute approximate surface area is 125 Å². The zero-order valence-corrected chi connectivity index (χ0v) is 12.9. The lowest BCUT2D eigenvalue weighted by Crippen LogP contribution is -2.27. The van der Waals surface area contributed by atoms with Crippen molar-refractivity contribution in [1.29, 1.82) is 0 Å². The van der Waals surface area contributed by atoms with Crippen molar-refractivity contribution in [3.05, 3.63) is 16.8 Å². The van der Waals surface area contributed by atoms with Gasteiger partial charge in [-0.15, -0.1) is 11.3 Å². The van der Waals surface area contributed by atoms with Gasteiger partial charge in [0.2, 0.25) is 0 Å². The number of thiophene rings is 1. The molecule has 2 heterocycles. The van der Waals surface area contributed by atoms with Gasteiger partial charge in [-0.1, -0.05) is 0 Å². The number of aromatic carboxylic acids is 1. The summed E-state index contributed by atoms with van der Waals surface area (Å²) in [6.07, 6.45) is 0.626. The Morgan fingerprint density at radius 2 is 2.00 bits per heavy atom. The van der Waals surface area contributed by atoms with Crippen molar-refractivity contribution in [1.82, 2.24) is 9.97 Å². The maximum atomic E-state index is 11.8. The molecule has 0 bridgehead atoms. The third kappa shape index (κ3) is 3.27. The number of ether oxygens (including phenoxy) is 1. The van der Waals surface area contributed by atoms with E-state index in [9.17, 15) is 9.59 Å². The lowest BCUT2D eigenvalue weighted by atomic mass is 10.2. The van der Waals surface area contributed by atoms with E-state index in [1.807, 2.05) is 0 Å². The highest BCUT2D eigenvalue weighted by Crippen LogP contribution is 2.33. The molecule has 2 rings (SSSR count). The minimum Gasteiger partial charge on any atom is -0.477 e. The van der Waals surface area contributed by atoms with E-state index in [1.54, 1.807) is 27.7 Å². The van der Waals surface area contributed by atoms with Crippen molar-refractivity contribution in [2.24, 2.45) is 0 Å². The van der Waals surface area contributed by atoms with Gasteiger partial charge in [-0.2, -0.15) is 0 Å². The molecule has 0 saturated heterocycles. The summed E-state index contributed by atoms with van der Waals surface area (Å²) in [5, 5.41) is 12.2. The second-order valence-corrected chi connectivity index (χ2v) is 6.39. The van der Waals surface area contributed by atoms with Gasteiger partial charge in [0.05, 0.1) is 5.39 Å². The van der Waals surface area contributed by atoms with Crippen molar-refractivity contribution in [2.45, 2.75) is 33.3 Å². The molecular formula is C13H15N3O4S. The quantitative estimate of drug-likeness (QED) is 0.884. The van der Waals surface area contributed by atoms with Crippen LogP contribution in [0.25, 0.3) is 10.2 Å². The van der Waals surface area contributed by atoms with Gasteiger partial charge in [0.25, 0.3) is 0 Å². The molecule has 8 heteroatoms. The van der Waals surface area contributed by atoms with E-state index in [0.717, 1.165) is 11.3 Å². The van der Waals surface area contributed by atoms with Crippen molar-refractivity contribution in [3.63, 3.8) is 0 Å². The van der Waals surface area contributed by atoms with E-state index >= 15 is 0 Å². The number of amides is 1. The molecule has 2 aromatic rings. The first kappa shape index (κ1) is 15.2. The van der Waals surface area contributed by atoms with Crippen LogP contribution < -0.4 is 5.32 Å². The van der Waals surface area contributed by atoms with Crippen molar-refractivity contribution in [3.8, 4) is 0 Å². The summed E-state index contributed by atoms with van der Waals surface area (Å²) >= 11 is 1.04. The van der Waals surface area contributed by atoms with Crippen LogP contribution in [0.4, 0.5) is 10.6 Å². The second kappa shape index (κ2) is 5.28. The van der Waals surface area contributed by atoms with E-state index < -0.39 is 17.7 Å². The molecule has 0 radical (unpaired) electrons. The van der Waals surface area contributed by atoms with Gasteiger partial charge in [0, 0.05) is 0 Å². The van der Waals surface area contributed by atoms with Crippen LogP contribution in [-0.4, -0.2) is 32.7 Å². The molecule has 0 aliphatic heterocycles. The van der Waals surface area contributed by atoms with E-state index in [0.29, 0.717) is 15.8 Å². The molecule has 0 fully saturated rings. The summed E-state index contributed by atoms with van der Waals surface area (Å²) in [5.74, 6) is -0.783. The van der Waals surface area contributed by atoms with Gasteiger partial charge in [-0.25, -0.2) is 19.6 Å². The van der Waals surface area contributed by atoms with Gasteiger partial charge in [0.1, 0.15) is 27.5 Å². The van der Waals surface area contributed by atoms with Crippen molar-refractivity contribution in [2.75, 3.05) is 5.32 Å². The Hall–Kier alpha value is -2.22. The number of rotatable bonds is 2. The van der Waals surface area contributed by atoms with Gasteiger partial charge >= 0.3 is 12.1 Å². The molecule has 0 aliphatic carbocycles. The zero-order valence-electron chi connectivity index (χ0n) is 12.1. The highest BCUT2D eigenvalue weighted by molar-refractivity contribution is 7.20. The molecule has 1 amide bonds. The molecule has 0 saturated carbocycles. The summed E-state index contributed by atoms with van der Waals surface area (Å²) in [6.45, 7) is 6.91. The maximum Gasteiger partial charge on any atom is 0.413 e. The Morgan fingerprint density at radius 1 is 1.33 bits per heavy atom. The zero-order chi connectivity index (χ0) is 15.8. The monoisotopic (exact) mass is 309 g/mol. The fourth-order valence-corrected chi connectivity index (χ4v) is 2.76. The van der Waals surface area contributed by atoms with Crippen LogP contribution in [0, 0.1) is 6.92 Å². The predicted molar refractivity (Wildman–Crippen MR) is 79.0 cm³/mol. The SMILES string of the molecule is Cc1c(C(=O)O)sc2ncnc(NC(=O)OC(C)(C)C)c12. The van der Waals surface area contributed by atoms with Gasteiger partial charge in [0.15, 0.2) is 0 Å². The number of hydrogen-bond acceptors (Lipinski definition) is 6. The number of carbonyl (C=O) groups is 2. The molecule has 0 spiro atoms. The summed E-state index contributed by atoms with van der Waals surface area (Å²) in [7, 11) is 0. The number of nitrogens with one attached hydrogen (secondary N) is 1. The summed E-state index contributed by atoms with van der Waals surface area (Å²) in [5.41, 5.74) is -0.110. The van der Waals surface area contributed by atoms with Crippen molar-refractivity contribution < 1.29 is 19.4 Å². The van der Waals surface area contributed by atoms with Crippen LogP contribution in [0.15, 0.2) is 6.33 Å². The molecule has 0 atom stereocenters. The normalized spacial score (nSPS) is 11.4. The highest BCUT2D eigenvalue weighted by Gasteiger charge is 2.21. The second-order valence-electron chi connectivity index (χ2n) is 5.39. The Balaban J connectivity index is 2.41. The number of fused-ring (bicyclic) bond motifs is 1. The summed E-state index contributed by atoms with van der Waals surface area (Å²) < 4.78 is 5.16. The number of hydrogen-bond donors (Lipinski definition) is 2. The average Bonchev–Trinajstić information content (AvgIpc) is 2.65. The number of carboxylic acid groups (broad SMARTS) is 1. The first-order valence-electron chi connectivity index (χ1n) is 6.16. The molecule has 0 aromatic carbocycles. The number of anilines is 1. The minimum atomic E-state index is -1.03. The summed E-state index contributed by atoms with van der Waals surface area (Å²) in [6, 6.07) is 0. The molecular weight excluding hydrogens is 294 g/mol. The molecule has 2 N–H and O–H groups in total. The van der Waals surface area contributed by atoms with E-state index in [1.165, 1.54) is 6.33 Å². The van der Waals surface area contributed by atoms with Gasteiger partial charge in [-0.05, 0) is 33.3 Å². The summed E-state index contributed by atoms with van der Waals surface area (Å²) in [4.78, 5) is 31.7. The molecule has 112 valence electrons. The molecule has 21 heavy (non-hydrogen) atoms. The average molecular weight is 309 g/mol. The van der Waals surface area contributed by atoms with Crippen LogP contribution in [0.3, 0.4) is 0 Å². The van der Waals surface area contributed by atoms with Crippen molar-refractivity contribution >= 4 is 39.4 Å². The predicted octanol–water partition coefficient (Wildman–Crippen LogP) is 3.04. The topological polar surface area (TPSA) is 101 Å². The third-order valence-electron chi connectivity index (χ3n) is 2.54. The number of carbonyl (C=O) groups excluding carboxylic acids is 1. The fourth-order valence-electron chi connectivity index (χ4n) is 1.77. The Bertz CT molecular complexity index is 718. The number of nitrogens with zero attached hydrogens (tertiary/aromatic N) is 2. The number of aromatic nitrogens is 2. The van der Waals surface area contributed by atoms with Gasteiger partial charge < -0.3 is 9.84 Å². The van der Waals surface area contributed by atoms with Gasteiger partial charge in [-0.3, -0.25) is 5.32 Å². The standard InChI is InChI=1S/C13H15N3O4S/c1-6-7-9(16-12(19)20-13(2,3)4)14-5-15-10(7)21-8(6)11(17)18/h5H,1-4H3,(H,17,18)(H,14,15,16,19). The molecule has 0 unspecified atom stereocenters. The fraction of sp³-hybridized carbons (Fsp3) is 0.385. The first-order valence-corrected chi connectivity index (χ1v) is 6.98. The minimum absolute atomic E-state index is 0.178. The third-order valence-corrected chi connectivity index (χ3v) is 3.73. The van der Waals surface area contributed by atoms with E-state index in [4.69, 9.17) is 9.84 Å². The van der Waals surface area contributed by atoms with Crippen LogP contribution >= 0.6 is 11.3 Å². The molecule has 2 aromatic heterocycles. The van der Waals surface area contributed by atoms with Crippen LogP contribution in [0.5, 0.6) is 0 Å². The van der Waals surface area contributed by atoms with Crippen LogP contribution in [0.2, 0.25) is 0 Å². The lowest BCUT2D eigenvalue weighted by molar-refractivity contribution is 0.0634. The number of aryl methyl sites for hydroxylation is 1. The largest absolute Gasteiger partial charge is 0.477 e. The van der Waals surface area contributed by atoms with Crippen LogP contribution in [0.1, 0.15) is 36.0 Å². The first-order chi connectivity index (χ1) is 9.69. The Kier molecular flexibility index (Phi) is 3.82. The smallest absolute Gasteiger partial charge is 0.413 e. The van der Waals surface area contributed by atoms with E-state index in [-0.39, 0.29) is 10.7 Å².